The van der Waals surface area contributed by atoms with Crippen LogP contribution in [-0.4, -0.2) is 64.9 Å². The van der Waals surface area contributed by atoms with E-state index < -0.39 is 0 Å². The summed E-state index contributed by atoms with van der Waals surface area (Å²) in [6, 6.07) is 8.20. The van der Waals surface area contributed by atoms with Gasteiger partial charge in [0.25, 0.3) is 0 Å². The lowest BCUT2D eigenvalue weighted by Gasteiger charge is -2.40. The molecule has 1 aliphatic carbocycles. The molecule has 2 aliphatic rings. The van der Waals surface area contributed by atoms with Crippen molar-refractivity contribution in [2.45, 2.75) is 77.1 Å². The normalized spacial score (nSPS) is 21.0. The standard InChI is InChI=1S/C29H35N9O3/c1-16-24(14-31-36-16)34-28-30-9-7-22(33-28)17-5-6-21-18(11-17)15-38(19-12-20(39)13-19)10-8-23(21)32-25(40)26-35-27(37-41-26)29(2,3)4/h5-7,9,11,14,19-20,23,39H,8,10,12-13,15H2,1-4H3,(H,31,36)(H,32,40)(H,30,33,34). The molecule has 12 nitrogen and oxygen atoms in total. The molecule has 0 saturated heterocycles. The van der Waals surface area contributed by atoms with Gasteiger partial charge in [-0.3, -0.25) is 14.8 Å². The summed E-state index contributed by atoms with van der Waals surface area (Å²) < 4.78 is 5.31. The Morgan fingerprint density at radius 1 is 1.20 bits per heavy atom. The van der Waals surface area contributed by atoms with Crippen LogP contribution in [0.3, 0.4) is 0 Å². The van der Waals surface area contributed by atoms with Gasteiger partial charge in [-0.25, -0.2) is 9.97 Å². The topological polar surface area (TPSA) is 158 Å². The number of carbonyl (C=O) groups excluding carboxylic acids is 1. The molecule has 1 atom stereocenters. The number of H-pyrrole nitrogens is 1. The summed E-state index contributed by atoms with van der Waals surface area (Å²) in [6.07, 6.45) is 5.43. The number of carbonyl (C=O) groups is 1. The number of aromatic nitrogens is 6. The number of anilines is 2. The van der Waals surface area contributed by atoms with E-state index in [1.165, 1.54) is 0 Å². The lowest BCUT2D eigenvalue weighted by molar-refractivity contribution is -0.00200. The fourth-order valence-corrected chi connectivity index (χ4v) is 5.33. The van der Waals surface area contributed by atoms with E-state index in [0.717, 1.165) is 59.6 Å². The van der Waals surface area contributed by atoms with Crippen molar-refractivity contribution in [2.75, 3.05) is 11.9 Å². The van der Waals surface area contributed by atoms with Crippen LogP contribution in [0.5, 0.6) is 0 Å². The average molecular weight is 558 g/mol. The Morgan fingerprint density at radius 3 is 2.73 bits per heavy atom. The van der Waals surface area contributed by atoms with Crippen LogP contribution in [0.2, 0.25) is 0 Å². The number of fused-ring (bicyclic) bond motifs is 1. The van der Waals surface area contributed by atoms with Gasteiger partial charge in [-0.1, -0.05) is 38.1 Å². The summed E-state index contributed by atoms with van der Waals surface area (Å²) >= 11 is 0. The second-order valence-corrected chi connectivity index (χ2v) is 12.0. The molecule has 0 spiro atoms. The summed E-state index contributed by atoms with van der Waals surface area (Å²) in [5, 5.41) is 27.3. The monoisotopic (exact) mass is 557 g/mol. The predicted molar refractivity (Wildman–Crippen MR) is 151 cm³/mol. The first-order valence-electron chi connectivity index (χ1n) is 13.9. The SMILES string of the molecule is Cc1[nH]ncc1Nc1nccc(-c2ccc3c(c2)CN(C2CC(O)C2)CCC3NC(=O)c2nc(C(C)(C)C)no2)n1. The molecular weight excluding hydrogens is 522 g/mol. The van der Waals surface area contributed by atoms with Gasteiger partial charge >= 0.3 is 11.8 Å². The zero-order chi connectivity index (χ0) is 28.7. The van der Waals surface area contributed by atoms with Crippen LogP contribution in [0, 0.1) is 6.92 Å². The van der Waals surface area contributed by atoms with Crippen molar-refractivity contribution in [3.8, 4) is 11.3 Å². The van der Waals surface area contributed by atoms with Crippen molar-refractivity contribution >= 4 is 17.5 Å². The Balaban J connectivity index is 1.28. The maximum Gasteiger partial charge on any atom is 0.315 e. The Morgan fingerprint density at radius 2 is 2.02 bits per heavy atom. The summed E-state index contributed by atoms with van der Waals surface area (Å²) in [7, 11) is 0. The number of nitrogens with zero attached hydrogens (tertiary/aromatic N) is 6. The highest BCUT2D eigenvalue weighted by atomic mass is 16.5. The molecule has 4 aromatic rings. The van der Waals surface area contributed by atoms with Gasteiger partial charge in [-0.05, 0) is 49.4 Å². The van der Waals surface area contributed by atoms with Crippen molar-refractivity contribution in [3.63, 3.8) is 0 Å². The molecule has 1 unspecified atom stereocenters. The minimum Gasteiger partial charge on any atom is -0.393 e. The third-order valence-corrected chi connectivity index (χ3v) is 7.83. The summed E-state index contributed by atoms with van der Waals surface area (Å²) in [4.78, 5) is 29.1. The van der Waals surface area contributed by atoms with Gasteiger partial charge in [0.1, 0.15) is 0 Å². The van der Waals surface area contributed by atoms with Crippen LogP contribution >= 0.6 is 0 Å². The largest absolute Gasteiger partial charge is 0.393 e. The average Bonchev–Trinajstić information content (AvgIpc) is 3.54. The van der Waals surface area contributed by atoms with Crippen molar-refractivity contribution in [2.24, 2.45) is 0 Å². The number of benzene rings is 1. The van der Waals surface area contributed by atoms with Crippen LogP contribution in [-0.2, 0) is 12.0 Å². The number of aliphatic hydroxyl groups is 1. The highest BCUT2D eigenvalue weighted by molar-refractivity contribution is 5.89. The van der Waals surface area contributed by atoms with Crippen LogP contribution in [0.15, 0.2) is 41.2 Å². The molecule has 4 N–H and O–H groups in total. The quantitative estimate of drug-likeness (QED) is 0.275. The van der Waals surface area contributed by atoms with Crippen LogP contribution < -0.4 is 10.6 Å². The molecule has 41 heavy (non-hydrogen) atoms. The molecule has 1 saturated carbocycles. The van der Waals surface area contributed by atoms with Gasteiger partial charge in [0.05, 0.1) is 35.4 Å². The third-order valence-electron chi connectivity index (χ3n) is 7.83. The van der Waals surface area contributed by atoms with E-state index in [2.05, 4.69) is 53.0 Å². The summed E-state index contributed by atoms with van der Waals surface area (Å²) in [6.45, 7) is 9.34. The maximum absolute atomic E-state index is 13.2. The van der Waals surface area contributed by atoms with E-state index in [-0.39, 0.29) is 29.4 Å². The van der Waals surface area contributed by atoms with E-state index in [1.54, 1.807) is 12.4 Å². The van der Waals surface area contributed by atoms with Crippen molar-refractivity contribution in [3.05, 3.63) is 65.2 Å². The maximum atomic E-state index is 13.2. The second kappa shape index (κ2) is 10.7. The number of nitrogens with one attached hydrogen (secondary N) is 3. The number of aryl methyl sites for hydroxylation is 1. The number of hydrogen-bond donors (Lipinski definition) is 4. The molecule has 1 aromatic carbocycles. The molecule has 1 aliphatic heterocycles. The van der Waals surface area contributed by atoms with Crippen LogP contribution in [0.25, 0.3) is 11.3 Å². The number of rotatable bonds is 6. The fraction of sp³-hybridized carbons (Fsp3) is 0.448. The van der Waals surface area contributed by atoms with Crippen LogP contribution in [0.4, 0.5) is 11.6 Å². The van der Waals surface area contributed by atoms with Gasteiger partial charge in [0.15, 0.2) is 5.82 Å². The summed E-state index contributed by atoms with van der Waals surface area (Å²) in [5.74, 6) is 0.544. The lowest BCUT2D eigenvalue weighted by Crippen LogP contribution is -2.47. The Hall–Kier alpha value is -4.16. The molecule has 0 bridgehead atoms. The van der Waals surface area contributed by atoms with E-state index in [0.29, 0.717) is 24.4 Å². The van der Waals surface area contributed by atoms with Crippen molar-refractivity contribution in [1.29, 1.82) is 0 Å². The predicted octanol–water partition coefficient (Wildman–Crippen LogP) is 3.80. The van der Waals surface area contributed by atoms with Gasteiger partial charge in [-0.2, -0.15) is 10.1 Å². The first-order chi connectivity index (χ1) is 19.6. The second-order valence-electron chi connectivity index (χ2n) is 12.0. The molecule has 12 heteroatoms. The molecule has 0 radical (unpaired) electrons. The van der Waals surface area contributed by atoms with E-state index in [9.17, 15) is 9.90 Å². The van der Waals surface area contributed by atoms with E-state index in [1.807, 2.05) is 39.8 Å². The minimum absolute atomic E-state index is 0.0369. The molecule has 1 amide bonds. The van der Waals surface area contributed by atoms with Crippen LogP contribution in [0.1, 0.15) is 79.4 Å². The summed E-state index contributed by atoms with van der Waals surface area (Å²) in [5.41, 5.74) is 5.26. The lowest BCUT2D eigenvalue weighted by atomic mass is 9.88. The number of amides is 1. The van der Waals surface area contributed by atoms with Gasteiger partial charge in [0.2, 0.25) is 5.95 Å². The van der Waals surface area contributed by atoms with Gasteiger partial charge in [0, 0.05) is 36.3 Å². The molecule has 3 aromatic heterocycles. The molecule has 4 heterocycles. The number of aromatic amines is 1. The first-order valence-corrected chi connectivity index (χ1v) is 13.9. The Labute approximate surface area is 238 Å². The zero-order valence-corrected chi connectivity index (χ0v) is 23.7. The molecule has 214 valence electrons. The Kier molecular flexibility index (Phi) is 7.04. The third kappa shape index (κ3) is 5.70. The van der Waals surface area contributed by atoms with Gasteiger partial charge < -0.3 is 20.3 Å². The zero-order valence-electron chi connectivity index (χ0n) is 23.7. The van der Waals surface area contributed by atoms with E-state index in [4.69, 9.17) is 9.51 Å². The smallest absolute Gasteiger partial charge is 0.315 e. The molecular formula is C29H35N9O3. The first kappa shape index (κ1) is 27.0. The minimum atomic E-state index is -0.387. The fourth-order valence-electron chi connectivity index (χ4n) is 5.33. The highest BCUT2D eigenvalue weighted by Crippen LogP contribution is 2.35. The molecule has 1 fully saturated rings. The number of hydrogen-bond acceptors (Lipinski definition) is 10. The van der Waals surface area contributed by atoms with E-state index >= 15 is 0 Å². The van der Waals surface area contributed by atoms with Crippen molar-refractivity contribution in [1.82, 2.24) is 40.5 Å². The van der Waals surface area contributed by atoms with Gasteiger partial charge in [-0.15, -0.1) is 0 Å². The number of aliphatic hydroxyl groups excluding tert-OH is 1. The molecule has 6 rings (SSSR count). The Bertz CT molecular complexity index is 1550. The highest BCUT2D eigenvalue weighted by Gasteiger charge is 2.35. The van der Waals surface area contributed by atoms with Crippen molar-refractivity contribution < 1.29 is 14.4 Å².